The Morgan fingerprint density at radius 3 is 2.86 bits per heavy atom. The highest BCUT2D eigenvalue weighted by atomic mass is 32.1. The van der Waals surface area contributed by atoms with E-state index in [4.69, 9.17) is 0 Å². The first-order chi connectivity index (χ1) is 10.8. The van der Waals surface area contributed by atoms with E-state index in [0.717, 1.165) is 19.5 Å². The van der Waals surface area contributed by atoms with Crippen molar-refractivity contribution in [2.45, 2.75) is 25.3 Å². The maximum atomic E-state index is 12.2. The molecule has 2 atom stereocenters. The second-order valence-electron chi connectivity index (χ2n) is 5.88. The van der Waals surface area contributed by atoms with Crippen LogP contribution in [0.5, 0.6) is 0 Å². The average Bonchev–Trinajstić information content (AvgIpc) is 3.19. The van der Waals surface area contributed by atoms with Crippen LogP contribution in [0, 0.1) is 0 Å². The Morgan fingerprint density at radius 1 is 1.23 bits per heavy atom. The van der Waals surface area contributed by atoms with Crippen LogP contribution in [0.2, 0.25) is 0 Å². The van der Waals surface area contributed by atoms with Crippen molar-refractivity contribution in [3.05, 3.63) is 58.3 Å². The van der Waals surface area contributed by atoms with E-state index < -0.39 is 0 Å². The number of likely N-dealkylation sites (tertiary alicyclic amines) is 1. The number of hydrogen-bond acceptors (Lipinski definition) is 2. The van der Waals surface area contributed by atoms with Crippen LogP contribution in [0.15, 0.2) is 47.8 Å². The summed E-state index contributed by atoms with van der Waals surface area (Å²) >= 11 is 1.81. The van der Waals surface area contributed by atoms with Gasteiger partial charge in [0.1, 0.15) is 6.04 Å². The normalized spacial score (nSPS) is 20.9. The zero-order chi connectivity index (χ0) is 15.2. The van der Waals surface area contributed by atoms with Gasteiger partial charge < -0.3 is 10.2 Å². The molecule has 1 fully saturated rings. The lowest BCUT2D eigenvalue weighted by Gasteiger charge is -2.20. The monoisotopic (exact) mass is 315 g/mol. The Labute approximate surface area is 136 Å². The Bertz CT molecular complexity index is 582. The SMILES string of the molecule is O=C(C[NH+]1CCC[C@@H]1c1cccs1)NCCc1ccccc1. The first-order valence-corrected chi connectivity index (χ1v) is 8.89. The molecule has 3 rings (SSSR count). The van der Waals surface area contributed by atoms with E-state index >= 15 is 0 Å². The Hall–Kier alpha value is -1.65. The van der Waals surface area contributed by atoms with Crippen molar-refractivity contribution < 1.29 is 9.69 Å². The molecule has 0 radical (unpaired) electrons. The maximum Gasteiger partial charge on any atom is 0.275 e. The van der Waals surface area contributed by atoms with E-state index in [1.807, 2.05) is 29.5 Å². The lowest BCUT2D eigenvalue weighted by Crippen LogP contribution is -3.11. The molecule has 116 valence electrons. The smallest absolute Gasteiger partial charge is 0.275 e. The van der Waals surface area contributed by atoms with E-state index in [0.29, 0.717) is 12.6 Å². The summed E-state index contributed by atoms with van der Waals surface area (Å²) in [6, 6.07) is 15.1. The fraction of sp³-hybridized carbons (Fsp3) is 0.389. The van der Waals surface area contributed by atoms with Gasteiger partial charge in [-0.3, -0.25) is 4.79 Å². The minimum Gasteiger partial charge on any atom is -0.351 e. The van der Waals surface area contributed by atoms with Gasteiger partial charge in [0.05, 0.1) is 11.4 Å². The predicted molar refractivity (Wildman–Crippen MR) is 90.1 cm³/mol. The van der Waals surface area contributed by atoms with Crippen LogP contribution in [0.25, 0.3) is 0 Å². The van der Waals surface area contributed by atoms with Crippen LogP contribution in [0.3, 0.4) is 0 Å². The summed E-state index contributed by atoms with van der Waals surface area (Å²) in [5.41, 5.74) is 1.27. The highest BCUT2D eigenvalue weighted by Crippen LogP contribution is 2.23. The van der Waals surface area contributed by atoms with Crippen molar-refractivity contribution in [1.82, 2.24) is 5.32 Å². The molecule has 1 amide bonds. The minimum atomic E-state index is 0.175. The molecule has 3 nitrogen and oxygen atoms in total. The number of amides is 1. The van der Waals surface area contributed by atoms with Crippen LogP contribution in [-0.4, -0.2) is 25.5 Å². The molecule has 1 unspecified atom stereocenters. The van der Waals surface area contributed by atoms with Gasteiger partial charge in [-0.15, -0.1) is 11.3 Å². The molecule has 0 aliphatic carbocycles. The topological polar surface area (TPSA) is 33.5 Å². The van der Waals surface area contributed by atoms with Gasteiger partial charge in [0.2, 0.25) is 0 Å². The number of carbonyl (C=O) groups excluding carboxylic acids is 1. The first-order valence-electron chi connectivity index (χ1n) is 8.01. The van der Waals surface area contributed by atoms with Crippen molar-refractivity contribution >= 4 is 17.2 Å². The van der Waals surface area contributed by atoms with Gasteiger partial charge in [-0.2, -0.15) is 0 Å². The zero-order valence-electron chi connectivity index (χ0n) is 12.8. The molecule has 1 aliphatic rings. The first kappa shape index (κ1) is 15.3. The second kappa shape index (κ2) is 7.56. The molecular weight excluding hydrogens is 292 g/mol. The van der Waals surface area contributed by atoms with E-state index in [-0.39, 0.29) is 5.91 Å². The summed E-state index contributed by atoms with van der Waals surface area (Å²) in [5, 5.41) is 5.20. The maximum absolute atomic E-state index is 12.2. The number of carbonyl (C=O) groups is 1. The number of rotatable bonds is 6. The molecule has 2 heterocycles. The van der Waals surface area contributed by atoms with Crippen LogP contribution < -0.4 is 10.2 Å². The third-order valence-corrected chi connectivity index (χ3v) is 5.32. The molecule has 0 saturated carbocycles. The average molecular weight is 315 g/mol. The Morgan fingerprint density at radius 2 is 2.09 bits per heavy atom. The van der Waals surface area contributed by atoms with E-state index in [1.54, 1.807) is 0 Å². The molecule has 2 N–H and O–H groups in total. The molecule has 0 spiro atoms. The second-order valence-corrected chi connectivity index (χ2v) is 6.86. The summed E-state index contributed by atoms with van der Waals surface area (Å²) in [6.07, 6.45) is 3.32. The van der Waals surface area contributed by atoms with Gasteiger partial charge >= 0.3 is 0 Å². The van der Waals surface area contributed by atoms with Crippen molar-refractivity contribution in [2.24, 2.45) is 0 Å². The number of nitrogens with one attached hydrogen (secondary N) is 2. The van der Waals surface area contributed by atoms with Crippen molar-refractivity contribution in [2.75, 3.05) is 19.6 Å². The number of hydrogen-bond donors (Lipinski definition) is 2. The zero-order valence-corrected chi connectivity index (χ0v) is 13.6. The molecule has 22 heavy (non-hydrogen) atoms. The third-order valence-electron chi connectivity index (χ3n) is 4.34. The fourth-order valence-electron chi connectivity index (χ4n) is 3.22. The van der Waals surface area contributed by atoms with E-state index in [1.165, 1.54) is 28.2 Å². The summed E-state index contributed by atoms with van der Waals surface area (Å²) < 4.78 is 0. The molecule has 4 heteroatoms. The van der Waals surface area contributed by atoms with E-state index in [2.05, 4.69) is 35.0 Å². The lowest BCUT2D eigenvalue weighted by molar-refractivity contribution is -0.910. The molecule has 1 aromatic heterocycles. The van der Waals surface area contributed by atoms with Gasteiger partial charge in [0.15, 0.2) is 6.54 Å². The lowest BCUT2D eigenvalue weighted by atomic mass is 10.1. The Kier molecular flexibility index (Phi) is 5.24. The van der Waals surface area contributed by atoms with Gasteiger partial charge in [-0.25, -0.2) is 0 Å². The van der Waals surface area contributed by atoms with E-state index in [9.17, 15) is 4.79 Å². The fourth-order valence-corrected chi connectivity index (χ4v) is 4.14. The summed E-state index contributed by atoms with van der Waals surface area (Å²) in [7, 11) is 0. The molecule has 1 aromatic carbocycles. The number of thiophene rings is 1. The summed E-state index contributed by atoms with van der Waals surface area (Å²) in [6.45, 7) is 2.42. The highest BCUT2D eigenvalue weighted by molar-refractivity contribution is 7.10. The molecule has 1 aliphatic heterocycles. The summed E-state index contributed by atoms with van der Waals surface area (Å²) in [4.78, 5) is 15.0. The van der Waals surface area contributed by atoms with Crippen molar-refractivity contribution in [3.8, 4) is 0 Å². The molecule has 2 aromatic rings. The molecule has 0 bridgehead atoms. The number of quaternary nitrogens is 1. The van der Waals surface area contributed by atoms with Crippen LogP contribution >= 0.6 is 11.3 Å². The molecule has 1 saturated heterocycles. The van der Waals surface area contributed by atoms with Gasteiger partial charge in [0, 0.05) is 19.4 Å². The quantitative estimate of drug-likeness (QED) is 0.838. The van der Waals surface area contributed by atoms with Gasteiger partial charge in [0.25, 0.3) is 5.91 Å². The standard InChI is InChI=1S/C18H22N2OS/c21-18(19-11-10-15-6-2-1-3-7-15)14-20-12-4-8-16(20)17-9-5-13-22-17/h1-3,5-7,9,13,16H,4,8,10-12,14H2,(H,19,21)/p+1/t16-/m1/s1. The predicted octanol–water partition coefficient (Wildman–Crippen LogP) is 1.83. The third kappa shape index (κ3) is 3.96. The van der Waals surface area contributed by atoms with Gasteiger partial charge in [-0.05, 0) is 23.4 Å². The van der Waals surface area contributed by atoms with Crippen LogP contribution in [0.4, 0.5) is 0 Å². The van der Waals surface area contributed by atoms with Crippen molar-refractivity contribution in [3.63, 3.8) is 0 Å². The van der Waals surface area contributed by atoms with Gasteiger partial charge in [-0.1, -0.05) is 36.4 Å². The number of benzene rings is 1. The summed E-state index contributed by atoms with van der Waals surface area (Å²) in [5.74, 6) is 0.175. The Balaban J connectivity index is 1.45. The van der Waals surface area contributed by atoms with Crippen LogP contribution in [0.1, 0.15) is 29.3 Å². The largest absolute Gasteiger partial charge is 0.351 e. The van der Waals surface area contributed by atoms with Crippen molar-refractivity contribution in [1.29, 1.82) is 0 Å². The highest BCUT2D eigenvalue weighted by Gasteiger charge is 2.31. The van der Waals surface area contributed by atoms with Crippen LogP contribution in [-0.2, 0) is 11.2 Å². The molecular formula is C18H23N2OS+. The minimum absolute atomic E-state index is 0.175.